The predicted octanol–water partition coefficient (Wildman–Crippen LogP) is 10.7. The van der Waals surface area contributed by atoms with Crippen molar-refractivity contribution in [1.29, 1.82) is 5.26 Å². The number of nitriles is 1. The minimum absolute atomic E-state index is 0.408. The smallest absolute Gasteiger partial charge is 0.163 e. The lowest BCUT2D eigenvalue weighted by Gasteiger charge is -2.21. The van der Waals surface area contributed by atoms with Crippen LogP contribution in [-0.4, -0.2) is 78.9 Å². The second-order valence-electron chi connectivity index (χ2n) is 18.6. The minimum atomic E-state index is 0.408. The number of hydrogen-bond donors (Lipinski definition) is 0. The Kier molecular flexibility index (Phi) is 10.6. The molecule has 74 heavy (non-hydrogen) atoms. The molecule has 17 heteroatoms. The Morgan fingerprint density at radius 2 is 0.608 bits per heavy atom. The molecule has 0 amide bonds. The van der Waals surface area contributed by atoms with Crippen LogP contribution in [0, 0.1) is 80.6 Å². The van der Waals surface area contributed by atoms with E-state index in [2.05, 4.69) is 83.7 Å². The van der Waals surface area contributed by atoms with Gasteiger partial charge in [-0.3, -0.25) is 0 Å². The SMILES string of the molecule is Cc1cc(-c2c(-n3c4cc(-c5nc(C)nc(C)n5)ccc4c4ccc(-c5nc(C)nc(C)n5)cc43)cc(C#N)cc2-n2c3cc(-c4nc(C)nc(C)n4)ccc3c3ccc(-c4nc(C)nc(C)n4)cc32)nc(C)n1. The average Bonchev–Trinajstić information content (AvgIpc) is 3.87. The summed E-state index contributed by atoms with van der Waals surface area (Å²) in [7, 11) is 0. The van der Waals surface area contributed by atoms with Gasteiger partial charge in [-0.05, 0) is 112 Å². The first-order valence-corrected chi connectivity index (χ1v) is 24.0. The first-order valence-electron chi connectivity index (χ1n) is 24.0. The summed E-state index contributed by atoms with van der Waals surface area (Å²) in [6.45, 7) is 18.8. The van der Waals surface area contributed by atoms with Gasteiger partial charge in [-0.15, -0.1) is 0 Å². The highest BCUT2D eigenvalue weighted by atomic mass is 15.1. The van der Waals surface area contributed by atoms with E-state index >= 15 is 0 Å². The Labute approximate surface area is 424 Å². The molecule has 0 saturated heterocycles. The predicted molar refractivity (Wildman–Crippen MR) is 284 cm³/mol. The molecular formula is C57H45N17. The number of rotatable bonds is 7. The minimum Gasteiger partial charge on any atom is -0.308 e. The zero-order valence-corrected chi connectivity index (χ0v) is 42.3. The highest BCUT2D eigenvalue weighted by Gasteiger charge is 2.26. The molecule has 7 heterocycles. The summed E-state index contributed by atoms with van der Waals surface area (Å²) in [4.78, 5) is 66.2. The van der Waals surface area contributed by atoms with Gasteiger partial charge in [-0.2, -0.15) is 5.26 Å². The van der Waals surface area contributed by atoms with Crippen molar-refractivity contribution in [2.24, 2.45) is 0 Å². The highest BCUT2D eigenvalue weighted by Crippen LogP contribution is 2.44. The summed E-state index contributed by atoms with van der Waals surface area (Å²) < 4.78 is 4.42. The topological polar surface area (TPSA) is 214 Å². The van der Waals surface area contributed by atoms with E-state index in [1.807, 2.05) is 112 Å². The van der Waals surface area contributed by atoms with Crippen molar-refractivity contribution in [3.63, 3.8) is 0 Å². The van der Waals surface area contributed by atoms with Gasteiger partial charge < -0.3 is 9.13 Å². The van der Waals surface area contributed by atoms with Crippen LogP contribution < -0.4 is 0 Å². The molecule has 0 saturated carbocycles. The molecule has 12 aromatic rings. The van der Waals surface area contributed by atoms with Crippen LogP contribution in [0.1, 0.15) is 63.7 Å². The Balaban J connectivity index is 1.26. The maximum atomic E-state index is 11.3. The van der Waals surface area contributed by atoms with Crippen molar-refractivity contribution < 1.29 is 0 Å². The van der Waals surface area contributed by atoms with Gasteiger partial charge in [0.05, 0.1) is 50.8 Å². The van der Waals surface area contributed by atoms with E-state index in [1.54, 1.807) is 0 Å². The lowest BCUT2D eigenvalue weighted by Crippen LogP contribution is -2.07. The molecule has 0 fully saturated rings. The van der Waals surface area contributed by atoms with Crippen LogP contribution in [0.2, 0.25) is 0 Å². The molecule has 0 spiro atoms. The fourth-order valence-corrected chi connectivity index (χ4v) is 10.2. The third-order valence-electron chi connectivity index (χ3n) is 12.9. The third kappa shape index (κ3) is 7.89. The van der Waals surface area contributed by atoms with Gasteiger partial charge in [0.15, 0.2) is 23.3 Å². The molecule has 0 aliphatic carbocycles. The molecule has 0 N–H and O–H groups in total. The summed E-state index contributed by atoms with van der Waals surface area (Å²) in [5.41, 5.74) is 10.5. The summed E-state index contributed by atoms with van der Waals surface area (Å²) in [6.07, 6.45) is 0. The van der Waals surface area contributed by atoms with Crippen molar-refractivity contribution in [2.75, 3.05) is 0 Å². The summed E-state index contributed by atoms with van der Waals surface area (Å²) in [5, 5.41) is 15.1. The van der Waals surface area contributed by atoms with Crippen molar-refractivity contribution >= 4 is 43.6 Å². The average molecular weight is 968 g/mol. The van der Waals surface area contributed by atoms with E-state index < -0.39 is 0 Å². The van der Waals surface area contributed by atoms with Crippen molar-refractivity contribution in [1.82, 2.24) is 78.9 Å². The third-order valence-corrected chi connectivity index (χ3v) is 12.9. The van der Waals surface area contributed by atoms with Crippen LogP contribution in [0.5, 0.6) is 0 Å². The second kappa shape index (κ2) is 17.3. The van der Waals surface area contributed by atoms with Crippen molar-refractivity contribution in [2.45, 2.75) is 69.2 Å². The molecule has 0 atom stereocenters. The van der Waals surface area contributed by atoms with Gasteiger partial charge >= 0.3 is 0 Å². The molecule has 12 rings (SSSR count). The Bertz CT molecular complexity index is 3850. The van der Waals surface area contributed by atoms with Gasteiger partial charge in [0, 0.05) is 55.1 Å². The van der Waals surface area contributed by atoms with Crippen LogP contribution in [0.3, 0.4) is 0 Å². The van der Waals surface area contributed by atoms with Crippen LogP contribution in [0.25, 0.3) is 112 Å². The molecule has 7 aromatic heterocycles. The number of aromatic nitrogens is 16. The van der Waals surface area contributed by atoms with E-state index in [4.69, 9.17) is 49.8 Å². The zero-order chi connectivity index (χ0) is 51.3. The molecular weight excluding hydrogens is 923 g/mol. The van der Waals surface area contributed by atoms with Gasteiger partial charge in [0.2, 0.25) is 0 Å². The molecule has 17 nitrogen and oxygen atoms in total. The maximum Gasteiger partial charge on any atom is 0.163 e. The first kappa shape index (κ1) is 45.4. The molecule has 0 unspecified atom stereocenters. The first-order chi connectivity index (χ1) is 35.6. The van der Waals surface area contributed by atoms with Gasteiger partial charge in [0.25, 0.3) is 0 Å². The lowest BCUT2D eigenvalue weighted by molar-refractivity contribution is 0.928. The zero-order valence-electron chi connectivity index (χ0n) is 42.3. The van der Waals surface area contributed by atoms with E-state index in [0.717, 1.165) is 77.1 Å². The number of nitrogens with zero attached hydrogens (tertiary/aromatic N) is 17. The number of fused-ring (bicyclic) bond motifs is 6. The number of benzene rings is 5. The molecule has 0 bridgehead atoms. The molecule has 358 valence electrons. The number of aryl methyl sites for hydroxylation is 10. The summed E-state index contributed by atoms with van der Waals surface area (Å²) in [6, 6.07) is 33.4. The fraction of sp³-hybridized carbons (Fsp3) is 0.175. The van der Waals surface area contributed by atoms with Crippen molar-refractivity contribution in [3.05, 3.63) is 155 Å². The number of hydrogen-bond acceptors (Lipinski definition) is 15. The standard InChI is InChI=1S/C57H45N17/c1-27-19-46(64-28(2)59-27)53-51(73-47-22-38(54-65-29(3)60-30(4)66-54)11-15-42(47)43-16-12-39(23-48(43)73)55-67-31(5)61-32(6)68-55)20-37(26-58)21-52(53)74-49-24-40(56-69-33(7)62-34(8)70-56)13-17-44(49)45-18-14-41(25-50(45)74)57-71-35(9)63-36(10)72-57/h11-25H,1-10H3. The summed E-state index contributed by atoms with van der Waals surface area (Å²) >= 11 is 0. The highest BCUT2D eigenvalue weighted by molar-refractivity contribution is 6.13. The Morgan fingerprint density at radius 1 is 0.324 bits per heavy atom. The van der Waals surface area contributed by atoms with Crippen LogP contribution >= 0.6 is 0 Å². The van der Waals surface area contributed by atoms with Gasteiger partial charge in [-0.25, -0.2) is 69.8 Å². The van der Waals surface area contributed by atoms with E-state index in [9.17, 15) is 5.26 Å². The quantitative estimate of drug-likeness (QED) is 0.145. The molecule has 5 aromatic carbocycles. The van der Waals surface area contributed by atoms with E-state index in [1.165, 1.54) is 0 Å². The van der Waals surface area contributed by atoms with Gasteiger partial charge in [0.1, 0.15) is 52.4 Å². The normalized spacial score (nSPS) is 11.6. The lowest BCUT2D eigenvalue weighted by atomic mass is 10.0. The Morgan fingerprint density at radius 3 is 0.878 bits per heavy atom. The van der Waals surface area contributed by atoms with E-state index in [-0.39, 0.29) is 0 Å². The monoisotopic (exact) mass is 967 g/mol. The van der Waals surface area contributed by atoms with Crippen molar-refractivity contribution in [3.8, 4) is 74.3 Å². The van der Waals surface area contributed by atoms with Crippen LogP contribution in [0.4, 0.5) is 0 Å². The van der Waals surface area contributed by atoms with E-state index in [0.29, 0.717) is 98.3 Å². The largest absolute Gasteiger partial charge is 0.308 e. The van der Waals surface area contributed by atoms with Gasteiger partial charge in [-0.1, -0.05) is 48.5 Å². The Hall–Kier alpha value is -9.69. The molecule has 0 aliphatic heterocycles. The summed E-state index contributed by atoms with van der Waals surface area (Å²) in [5.74, 6) is 7.67. The van der Waals surface area contributed by atoms with Crippen LogP contribution in [0.15, 0.2) is 91.0 Å². The molecule has 0 radical (unpaired) electrons. The fourth-order valence-electron chi connectivity index (χ4n) is 10.2. The van der Waals surface area contributed by atoms with Crippen LogP contribution in [-0.2, 0) is 0 Å². The second-order valence-corrected chi connectivity index (χ2v) is 18.6. The molecule has 0 aliphatic rings. The maximum absolute atomic E-state index is 11.3.